The normalized spacial score (nSPS) is 17.9. The van der Waals surface area contributed by atoms with Crippen LogP contribution in [0.1, 0.15) is 56.2 Å². The van der Waals surface area contributed by atoms with Crippen molar-refractivity contribution in [3.05, 3.63) is 103 Å². The number of rotatable bonds is 7. The van der Waals surface area contributed by atoms with Gasteiger partial charge in [0.05, 0.1) is 12.1 Å². The Hall–Kier alpha value is -3.62. The number of aryl methyl sites for hydroxylation is 1. The standard InChI is InChI=1S/C33H33BrClN3O4/c1-18-6-11-28(36-16-18)38-32(40)29-19(2)37-24-14-33(3,4)15-25(39)31(24)30(29)20-7-9-26(41-5)21(12-20)17-42-27-10-8-22(34)13-23(27)35/h6-13,16,30,37H,14-15,17H2,1-5H3,(H,36,38,40)/t30-/m1/s1. The predicted octanol–water partition coefficient (Wildman–Crippen LogP) is 7.64. The minimum atomic E-state index is -0.587. The van der Waals surface area contributed by atoms with Crippen molar-refractivity contribution in [2.75, 3.05) is 12.4 Å². The Bertz CT molecular complexity index is 1630. The number of nitrogens with one attached hydrogen (secondary N) is 2. The van der Waals surface area contributed by atoms with E-state index in [1.165, 1.54) is 0 Å². The number of carbonyl (C=O) groups excluding carboxylic acids is 2. The molecule has 2 aliphatic rings. The van der Waals surface area contributed by atoms with Gasteiger partial charge >= 0.3 is 0 Å². The van der Waals surface area contributed by atoms with Crippen molar-refractivity contribution >= 4 is 45.0 Å². The van der Waals surface area contributed by atoms with Gasteiger partial charge in [0.25, 0.3) is 5.91 Å². The van der Waals surface area contributed by atoms with Crippen molar-refractivity contribution in [2.45, 2.75) is 53.1 Å². The average Bonchev–Trinajstić information content (AvgIpc) is 2.92. The van der Waals surface area contributed by atoms with Gasteiger partial charge in [-0.1, -0.05) is 53.5 Å². The number of aromatic nitrogens is 1. The summed E-state index contributed by atoms with van der Waals surface area (Å²) in [5, 5.41) is 6.83. The molecule has 1 amide bonds. The number of ether oxygens (including phenoxy) is 2. The van der Waals surface area contributed by atoms with E-state index in [0.717, 1.165) is 26.9 Å². The van der Waals surface area contributed by atoms with Crippen LogP contribution in [0.2, 0.25) is 5.02 Å². The van der Waals surface area contributed by atoms with E-state index in [9.17, 15) is 9.59 Å². The SMILES string of the molecule is COc1ccc([C@@H]2C(C(=O)Nc3ccc(C)cn3)=C(C)NC3=C2C(=O)CC(C)(C)C3)cc1COc1ccc(Br)cc1Cl. The Morgan fingerprint density at radius 3 is 2.57 bits per heavy atom. The molecule has 1 aliphatic heterocycles. The van der Waals surface area contributed by atoms with Gasteiger partial charge in [-0.25, -0.2) is 4.98 Å². The Kier molecular flexibility index (Phi) is 8.49. The van der Waals surface area contributed by atoms with Crippen LogP contribution in [0, 0.1) is 12.3 Å². The summed E-state index contributed by atoms with van der Waals surface area (Å²) in [5.74, 6) is 0.722. The maximum Gasteiger partial charge on any atom is 0.255 e. The number of methoxy groups -OCH3 is 1. The van der Waals surface area contributed by atoms with E-state index in [-0.39, 0.29) is 23.7 Å². The lowest BCUT2D eigenvalue weighted by atomic mass is 9.68. The van der Waals surface area contributed by atoms with Gasteiger partial charge in [0.15, 0.2) is 5.78 Å². The van der Waals surface area contributed by atoms with Crippen LogP contribution in [0.4, 0.5) is 5.82 Å². The highest BCUT2D eigenvalue weighted by Gasteiger charge is 2.43. The molecule has 1 atom stereocenters. The molecular formula is C33H33BrClN3O4. The number of hydrogen-bond acceptors (Lipinski definition) is 6. The minimum Gasteiger partial charge on any atom is -0.496 e. The van der Waals surface area contributed by atoms with Crippen molar-refractivity contribution < 1.29 is 19.1 Å². The number of benzene rings is 2. The molecule has 3 aromatic rings. The highest BCUT2D eigenvalue weighted by molar-refractivity contribution is 9.10. The summed E-state index contributed by atoms with van der Waals surface area (Å²) in [6.07, 6.45) is 2.80. The molecule has 0 unspecified atom stereocenters. The van der Waals surface area contributed by atoms with Crippen LogP contribution in [0.3, 0.4) is 0 Å². The van der Waals surface area contributed by atoms with E-state index in [2.05, 4.69) is 45.4 Å². The number of ketones is 1. The number of carbonyl (C=O) groups is 2. The number of dihydropyridines is 1. The average molecular weight is 651 g/mol. The lowest BCUT2D eigenvalue weighted by molar-refractivity contribution is -0.118. The lowest BCUT2D eigenvalue weighted by Crippen LogP contribution is -2.39. The van der Waals surface area contributed by atoms with Gasteiger partial charge in [0.1, 0.15) is 23.9 Å². The molecule has 0 spiro atoms. The monoisotopic (exact) mass is 649 g/mol. The summed E-state index contributed by atoms with van der Waals surface area (Å²) in [5.41, 5.74) is 5.00. The molecular weight excluding hydrogens is 618 g/mol. The maximum absolute atomic E-state index is 13.9. The van der Waals surface area contributed by atoms with Crippen molar-refractivity contribution in [1.82, 2.24) is 10.3 Å². The molecule has 9 heteroatoms. The molecule has 2 heterocycles. The van der Waals surface area contributed by atoms with Crippen molar-refractivity contribution in [3.63, 3.8) is 0 Å². The van der Waals surface area contributed by atoms with E-state index in [1.807, 2.05) is 44.2 Å². The summed E-state index contributed by atoms with van der Waals surface area (Å²) in [6.45, 7) is 8.17. The number of anilines is 1. The summed E-state index contributed by atoms with van der Waals surface area (Å²) in [7, 11) is 1.60. The van der Waals surface area contributed by atoms with Crippen LogP contribution < -0.4 is 20.1 Å². The first-order valence-corrected chi connectivity index (χ1v) is 14.9. The van der Waals surface area contributed by atoms with Crippen molar-refractivity contribution in [3.8, 4) is 11.5 Å². The molecule has 5 rings (SSSR count). The van der Waals surface area contributed by atoms with Crippen molar-refractivity contribution in [1.29, 1.82) is 0 Å². The van der Waals surface area contributed by atoms with Crippen LogP contribution in [-0.4, -0.2) is 23.8 Å². The lowest BCUT2D eigenvalue weighted by Gasteiger charge is -2.39. The largest absolute Gasteiger partial charge is 0.496 e. The zero-order chi connectivity index (χ0) is 30.2. The number of pyridine rings is 1. The maximum atomic E-state index is 13.9. The molecule has 218 valence electrons. The van der Waals surface area contributed by atoms with Gasteiger partial charge in [-0.3, -0.25) is 9.59 Å². The molecule has 0 saturated carbocycles. The highest BCUT2D eigenvalue weighted by Crippen LogP contribution is 2.47. The van der Waals surface area contributed by atoms with Crippen molar-refractivity contribution in [2.24, 2.45) is 5.41 Å². The third kappa shape index (κ3) is 6.25. The third-order valence-corrected chi connectivity index (χ3v) is 8.34. The van der Waals surface area contributed by atoms with Gasteiger partial charge < -0.3 is 20.1 Å². The fourth-order valence-electron chi connectivity index (χ4n) is 5.63. The molecule has 2 aromatic carbocycles. The van der Waals surface area contributed by atoms with Gasteiger partial charge in [-0.2, -0.15) is 0 Å². The van der Waals surface area contributed by atoms with E-state index in [1.54, 1.807) is 31.5 Å². The molecule has 7 nitrogen and oxygen atoms in total. The predicted molar refractivity (Wildman–Crippen MR) is 168 cm³/mol. The second-order valence-corrected chi connectivity index (χ2v) is 12.9. The fraction of sp³-hybridized carbons (Fsp3) is 0.303. The first kappa shape index (κ1) is 29.9. The van der Waals surface area contributed by atoms with Crippen LogP contribution in [0.25, 0.3) is 0 Å². The van der Waals surface area contributed by atoms with E-state index >= 15 is 0 Å². The van der Waals surface area contributed by atoms with Crippen LogP contribution in [0.5, 0.6) is 11.5 Å². The molecule has 0 saturated heterocycles. The Balaban J connectivity index is 1.57. The molecule has 0 radical (unpaired) electrons. The summed E-state index contributed by atoms with van der Waals surface area (Å²) in [4.78, 5) is 32.0. The van der Waals surface area contributed by atoms with Crippen LogP contribution >= 0.6 is 27.5 Å². The fourth-order valence-corrected chi connectivity index (χ4v) is 6.36. The van der Waals surface area contributed by atoms with Gasteiger partial charge in [0.2, 0.25) is 0 Å². The molecule has 42 heavy (non-hydrogen) atoms. The Morgan fingerprint density at radius 1 is 1.12 bits per heavy atom. The molecule has 2 N–H and O–H groups in total. The number of Topliss-reactive ketones (excluding diaryl/α,β-unsaturated/α-hetero) is 1. The number of amides is 1. The van der Waals surface area contributed by atoms with Crippen LogP contribution in [-0.2, 0) is 16.2 Å². The van der Waals surface area contributed by atoms with Crippen LogP contribution in [0.15, 0.2) is 81.7 Å². The molecule has 1 aromatic heterocycles. The molecule has 0 bridgehead atoms. The third-order valence-electron chi connectivity index (χ3n) is 7.55. The quantitative estimate of drug-likeness (QED) is 0.273. The van der Waals surface area contributed by atoms with Gasteiger partial charge in [0, 0.05) is 51.1 Å². The molecule has 0 fully saturated rings. The second kappa shape index (κ2) is 11.9. The molecule has 1 aliphatic carbocycles. The first-order valence-electron chi connectivity index (χ1n) is 13.7. The summed E-state index contributed by atoms with van der Waals surface area (Å²) in [6, 6.07) is 14.8. The summed E-state index contributed by atoms with van der Waals surface area (Å²) < 4.78 is 12.6. The highest BCUT2D eigenvalue weighted by atomic mass is 79.9. The topological polar surface area (TPSA) is 89.5 Å². The number of halogens is 2. The van der Waals surface area contributed by atoms with Gasteiger partial charge in [-0.05, 0) is 73.2 Å². The smallest absolute Gasteiger partial charge is 0.255 e. The minimum absolute atomic E-state index is 0.0280. The summed E-state index contributed by atoms with van der Waals surface area (Å²) >= 11 is 9.81. The van der Waals surface area contributed by atoms with Gasteiger partial charge in [-0.15, -0.1) is 0 Å². The zero-order valence-electron chi connectivity index (χ0n) is 24.2. The zero-order valence-corrected chi connectivity index (χ0v) is 26.6. The number of nitrogens with zero attached hydrogens (tertiary/aromatic N) is 1. The Morgan fingerprint density at radius 2 is 1.88 bits per heavy atom. The Labute approximate surface area is 259 Å². The second-order valence-electron chi connectivity index (χ2n) is 11.5. The van der Waals surface area contributed by atoms with E-state index in [4.69, 9.17) is 21.1 Å². The number of allylic oxidation sites excluding steroid dienone is 3. The first-order chi connectivity index (χ1) is 20.0. The van der Waals surface area contributed by atoms with E-state index < -0.39 is 5.92 Å². The van der Waals surface area contributed by atoms with E-state index in [0.29, 0.717) is 52.0 Å². The number of hydrogen-bond donors (Lipinski definition) is 2.